The first-order chi connectivity index (χ1) is 25.1. The molecule has 1 amide bonds. The lowest BCUT2D eigenvalue weighted by atomic mass is 9.82. The number of aliphatic hydroxyl groups excluding tert-OH is 1. The summed E-state index contributed by atoms with van der Waals surface area (Å²) in [6.07, 6.45) is 9.61. The maximum atomic E-state index is 13.7. The minimum absolute atomic E-state index is 0.0308. The van der Waals surface area contributed by atoms with Gasteiger partial charge in [-0.1, -0.05) is 69.2 Å². The molecule has 3 aliphatic rings. The number of amides is 1. The first-order valence-corrected chi connectivity index (χ1v) is 18.7. The third kappa shape index (κ3) is 6.27. The first-order valence-electron chi connectivity index (χ1n) is 18.7. The highest BCUT2D eigenvalue weighted by Gasteiger charge is 2.42. The van der Waals surface area contributed by atoms with Crippen molar-refractivity contribution in [2.45, 2.75) is 90.6 Å². The number of nitrogens with zero attached hydrogens (tertiary/aromatic N) is 3. The molecule has 1 aliphatic heterocycles. The van der Waals surface area contributed by atoms with Crippen molar-refractivity contribution in [3.05, 3.63) is 93.9 Å². The summed E-state index contributed by atoms with van der Waals surface area (Å²) in [5.41, 5.74) is 10.5. The molecular formula is C42H48N6O4. The number of nitrogens with one attached hydrogen (secondary N) is 3. The zero-order chi connectivity index (χ0) is 36.1. The van der Waals surface area contributed by atoms with Gasteiger partial charge in [0.1, 0.15) is 11.6 Å². The SMILES string of the molecule is COC(O)NC(C(=O)N1CCCC1c1ncc(-c2ccc(-c3ccc(-c4ccc5nc(C)[nH]c(=O)c5c4)c4c3CC3(CCCC3)C4)cc2)[nH]1)C(C)C. The van der Waals surface area contributed by atoms with Crippen molar-refractivity contribution >= 4 is 16.8 Å². The van der Waals surface area contributed by atoms with E-state index in [1.807, 2.05) is 44.0 Å². The Morgan fingerprint density at radius 3 is 2.33 bits per heavy atom. The van der Waals surface area contributed by atoms with E-state index in [4.69, 9.17) is 9.72 Å². The Labute approximate surface area is 304 Å². The van der Waals surface area contributed by atoms with E-state index < -0.39 is 12.5 Å². The molecule has 3 unspecified atom stereocenters. The van der Waals surface area contributed by atoms with E-state index in [1.165, 1.54) is 60.6 Å². The monoisotopic (exact) mass is 700 g/mol. The van der Waals surface area contributed by atoms with Crippen molar-refractivity contribution in [1.29, 1.82) is 0 Å². The molecule has 10 nitrogen and oxygen atoms in total. The van der Waals surface area contributed by atoms with Crippen LogP contribution in [0.15, 0.2) is 65.6 Å². The predicted octanol–water partition coefficient (Wildman–Crippen LogP) is 6.81. The van der Waals surface area contributed by atoms with E-state index in [1.54, 1.807) is 0 Å². The first kappa shape index (κ1) is 34.4. The molecule has 270 valence electrons. The lowest BCUT2D eigenvalue weighted by Gasteiger charge is -2.31. The van der Waals surface area contributed by atoms with Gasteiger partial charge in [-0.2, -0.15) is 0 Å². The summed E-state index contributed by atoms with van der Waals surface area (Å²) in [5, 5.41) is 13.6. The second kappa shape index (κ2) is 13.7. The van der Waals surface area contributed by atoms with E-state index >= 15 is 0 Å². The Bertz CT molecular complexity index is 2180. The van der Waals surface area contributed by atoms with Gasteiger partial charge in [0.25, 0.3) is 5.56 Å². The van der Waals surface area contributed by atoms with Crippen LogP contribution in [0.4, 0.5) is 0 Å². The summed E-state index contributed by atoms with van der Waals surface area (Å²) in [7, 11) is 1.40. The molecule has 1 spiro atoms. The van der Waals surface area contributed by atoms with Crippen LogP contribution in [-0.2, 0) is 22.4 Å². The lowest BCUT2D eigenvalue weighted by Crippen LogP contribution is -2.52. The molecule has 1 saturated heterocycles. The molecular weight excluding hydrogens is 652 g/mol. The molecule has 5 aromatic rings. The standard InChI is InChI=1S/C42H48N6O4/c1-24(2)37(47-41(51)52-4)40(50)48-19-7-8-36(48)38-43-23-35(46-38)27-11-9-26(10-12-27)29-14-15-30(33-22-42(21-32(29)33)17-5-6-18-42)28-13-16-34-31(20-28)39(49)45-25(3)44-34/h9-16,20,23-24,36-37,41,47,51H,5-8,17-19,21-22H2,1-4H3,(H,43,46)(H,44,45,49). The number of H-pyrrole nitrogens is 2. The van der Waals surface area contributed by atoms with Gasteiger partial charge in [0.2, 0.25) is 12.3 Å². The summed E-state index contributed by atoms with van der Waals surface area (Å²) >= 11 is 0. The number of aromatic amines is 2. The maximum absolute atomic E-state index is 13.7. The van der Waals surface area contributed by atoms with Crippen LogP contribution in [0.5, 0.6) is 0 Å². The highest BCUT2D eigenvalue weighted by Crippen LogP contribution is 2.53. The molecule has 0 bridgehead atoms. The fourth-order valence-corrected chi connectivity index (χ4v) is 9.10. The number of aliphatic hydroxyl groups is 1. The van der Waals surface area contributed by atoms with Crippen LogP contribution in [0.3, 0.4) is 0 Å². The lowest BCUT2D eigenvalue weighted by molar-refractivity contribution is -0.145. The van der Waals surface area contributed by atoms with Crippen LogP contribution in [-0.4, -0.2) is 62.0 Å². The number of hydrogen-bond acceptors (Lipinski definition) is 7. The molecule has 2 aromatic heterocycles. The molecule has 3 aromatic carbocycles. The van der Waals surface area contributed by atoms with Gasteiger partial charge in [-0.15, -0.1) is 0 Å². The summed E-state index contributed by atoms with van der Waals surface area (Å²) in [5.74, 6) is 1.31. The Morgan fingerprint density at radius 2 is 1.63 bits per heavy atom. The summed E-state index contributed by atoms with van der Waals surface area (Å²) < 4.78 is 4.97. The fraction of sp³-hybridized carbons (Fsp3) is 0.429. The Hall–Kier alpha value is -4.64. The third-order valence-electron chi connectivity index (χ3n) is 11.8. The molecule has 0 radical (unpaired) electrons. The normalized spacial score (nSPS) is 19.2. The molecule has 4 N–H and O–H groups in total. The van der Waals surface area contributed by atoms with E-state index in [9.17, 15) is 14.7 Å². The van der Waals surface area contributed by atoms with Crippen LogP contribution in [0, 0.1) is 18.3 Å². The number of likely N-dealkylation sites (tertiary alicyclic amines) is 1. The summed E-state index contributed by atoms with van der Waals surface area (Å²) in [6, 6.07) is 18.6. The topological polar surface area (TPSA) is 136 Å². The smallest absolute Gasteiger partial charge is 0.258 e. The number of benzene rings is 3. The van der Waals surface area contributed by atoms with Gasteiger partial charge in [0.05, 0.1) is 34.9 Å². The highest BCUT2D eigenvalue weighted by atomic mass is 16.6. The zero-order valence-corrected chi connectivity index (χ0v) is 30.5. The van der Waals surface area contributed by atoms with Crippen molar-refractivity contribution in [3.63, 3.8) is 0 Å². The quantitative estimate of drug-likeness (QED) is 0.124. The van der Waals surface area contributed by atoms with Crippen LogP contribution >= 0.6 is 0 Å². The molecule has 2 aliphatic carbocycles. The Morgan fingerprint density at radius 1 is 0.962 bits per heavy atom. The molecule has 3 atom stereocenters. The molecule has 2 fully saturated rings. The number of fused-ring (bicyclic) bond motifs is 2. The van der Waals surface area contributed by atoms with E-state index in [0.717, 1.165) is 53.8 Å². The summed E-state index contributed by atoms with van der Waals surface area (Å²) in [4.78, 5) is 44.1. The number of methoxy groups -OCH3 is 1. The van der Waals surface area contributed by atoms with E-state index in [2.05, 4.69) is 62.7 Å². The van der Waals surface area contributed by atoms with Gasteiger partial charge >= 0.3 is 0 Å². The van der Waals surface area contributed by atoms with Crippen LogP contribution in [0.25, 0.3) is 44.4 Å². The van der Waals surface area contributed by atoms with Crippen molar-refractivity contribution < 1.29 is 14.6 Å². The number of hydrogen-bond donors (Lipinski definition) is 4. The van der Waals surface area contributed by atoms with Crippen LogP contribution in [0.1, 0.15) is 81.2 Å². The molecule has 52 heavy (non-hydrogen) atoms. The van der Waals surface area contributed by atoms with Gasteiger partial charge in [-0.3, -0.25) is 14.9 Å². The minimum Gasteiger partial charge on any atom is -0.356 e. The van der Waals surface area contributed by atoms with E-state index in [0.29, 0.717) is 23.2 Å². The van der Waals surface area contributed by atoms with Gasteiger partial charge < -0.3 is 24.7 Å². The minimum atomic E-state index is -1.21. The second-order valence-corrected chi connectivity index (χ2v) is 15.5. The molecule has 8 rings (SSSR count). The zero-order valence-electron chi connectivity index (χ0n) is 30.5. The van der Waals surface area contributed by atoms with Gasteiger partial charge in [0, 0.05) is 13.7 Å². The molecule has 3 heterocycles. The van der Waals surface area contributed by atoms with E-state index in [-0.39, 0.29) is 23.4 Å². The number of carbonyl (C=O) groups is 1. The number of imidazole rings is 1. The largest absolute Gasteiger partial charge is 0.356 e. The Kier molecular flexibility index (Phi) is 9.09. The number of aromatic nitrogens is 4. The highest BCUT2D eigenvalue weighted by molar-refractivity contribution is 5.87. The number of ether oxygens (including phenoxy) is 1. The van der Waals surface area contributed by atoms with Gasteiger partial charge in [-0.25, -0.2) is 9.97 Å². The van der Waals surface area contributed by atoms with Crippen molar-refractivity contribution in [2.75, 3.05) is 13.7 Å². The average Bonchev–Trinajstić information content (AvgIpc) is 3.97. The third-order valence-corrected chi connectivity index (χ3v) is 11.8. The number of aryl methyl sites for hydroxylation is 1. The van der Waals surface area contributed by atoms with Gasteiger partial charge in [0.15, 0.2) is 0 Å². The van der Waals surface area contributed by atoms with Crippen LogP contribution in [0.2, 0.25) is 0 Å². The Balaban J connectivity index is 1.07. The summed E-state index contributed by atoms with van der Waals surface area (Å²) in [6.45, 7) is 6.37. The fourth-order valence-electron chi connectivity index (χ4n) is 9.10. The van der Waals surface area contributed by atoms with Crippen LogP contribution < -0.4 is 10.9 Å². The van der Waals surface area contributed by atoms with Crippen molar-refractivity contribution in [1.82, 2.24) is 30.2 Å². The maximum Gasteiger partial charge on any atom is 0.258 e. The molecule has 1 saturated carbocycles. The van der Waals surface area contributed by atoms with Gasteiger partial charge in [-0.05, 0) is 108 Å². The second-order valence-electron chi connectivity index (χ2n) is 15.5. The number of rotatable bonds is 9. The van der Waals surface area contributed by atoms with Crippen molar-refractivity contribution in [3.8, 4) is 33.5 Å². The van der Waals surface area contributed by atoms with Crippen molar-refractivity contribution in [2.24, 2.45) is 11.3 Å². The predicted molar refractivity (Wildman–Crippen MR) is 202 cm³/mol. The average molecular weight is 701 g/mol. The number of carbonyl (C=O) groups excluding carboxylic acids is 1. The molecule has 10 heteroatoms.